The number of carbonyl (C=O) groups is 1. The minimum Gasteiger partial charge on any atom is -0.497 e. The molecule has 10 heteroatoms. The van der Waals surface area contributed by atoms with Crippen LogP contribution in [0.25, 0.3) is 5.69 Å². The van der Waals surface area contributed by atoms with Crippen molar-refractivity contribution in [3.8, 4) is 11.4 Å². The third kappa shape index (κ3) is 6.06. The van der Waals surface area contributed by atoms with Gasteiger partial charge in [0.2, 0.25) is 0 Å². The fraction of sp³-hybridized carbons (Fsp3) is 0.192. The minimum atomic E-state index is -4.42. The molecule has 0 bridgehead atoms. The molecule has 1 N–H and O–H groups in total. The lowest BCUT2D eigenvalue weighted by atomic mass is 10.1. The maximum absolute atomic E-state index is 12.9. The van der Waals surface area contributed by atoms with Crippen LogP contribution in [0.1, 0.15) is 32.9 Å². The van der Waals surface area contributed by atoms with Crippen molar-refractivity contribution < 1.29 is 22.7 Å². The van der Waals surface area contributed by atoms with Crippen molar-refractivity contribution in [3.63, 3.8) is 0 Å². The number of ether oxygens (including phenoxy) is 1. The topological polar surface area (TPSA) is 69.0 Å². The normalized spacial score (nSPS) is 11.4. The number of methoxy groups -OCH3 is 1. The highest BCUT2D eigenvalue weighted by Gasteiger charge is 2.30. The van der Waals surface area contributed by atoms with Crippen LogP contribution in [-0.4, -0.2) is 27.8 Å². The summed E-state index contributed by atoms with van der Waals surface area (Å²) in [6.45, 7) is 1.88. The van der Waals surface area contributed by atoms with Gasteiger partial charge in [-0.3, -0.25) is 9.36 Å². The van der Waals surface area contributed by atoms with Crippen molar-refractivity contribution in [2.24, 2.45) is 0 Å². The van der Waals surface area contributed by atoms with E-state index in [-0.39, 0.29) is 12.5 Å². The van der Waals surface area contributed by atoms with Crippen LogP contribution in [-0.2, 0) is 18.5 Å². The summed E-state index contributed by atoms with van der Waals surface area (Å²) in [7, 11) is 1.62. The zero-order chi connectivity index (χ0) is 25.7. The molecule has 0 aliphatic heterocycles. The van der Waals surface area contributed by atoms with Crippen molar-refractivity contribution in [1.82, 2.24) is 20.1 Å². The summed E-state index contributed by atoms with van der Waals surface area (Å²) in [6.07, 6.45) is -4.42. The fourth-order valence-electron chi connectivity index (χ4n) is 3.51. The van der Waals surface area contributed by atoms with Gasteiger partial charge < -0.3 is 10.1 Å². The third-order valence-electron chi connectivity index (χ3n) is 5.42. The average molecular weight is 513 g/mol. The number of hydrogen-bond donors (Lipinski definition) is 1. The molecule has 1 amide bonds. The molecule has 1 heterocycles. The van der Waals surface area contributed by atoms with Crippen molar-refractivity contribution in [2.75, 3.05) is 7.11 Å². The number of amides is 1. The number of alkyl halides is 3. The molecule has 1 aromatic heterocycles. The lowest BCUT2D eigenvalue weighted by molar-refractivity contribution is -0.137. The third-order valence-corrected chi connectivity index (χ3v) is 6.42. The number of carbonyl (C=O) groups excluding carboxylic acids is 1. The predicted molar refractivity (Wildman–Crippen MR) is 131 cm³/mol. The Morgan fingerprint density at radius 2 is 1.72 bits per heavy atom. The van der Waals surface area contributed by atoms with Crippen molar-refractivity contribution in [1.29, 1.82) is 0 Å². The lowest BCUT2D eigenvalue weighted by Crippen LogP contribution is -2.23. The quantitative estimate of drug-likeness (QED) is 0.301. The lowest BCUT2D eigenvalue weighted by Gasteiger charge is -2.10. The molecule has 0 radical (unpaired) electrons. The van der Waals surface area contributed by atoms with Crippen LogP contribution in [0.2, 0.25) is 0 Å². The molecule has 3 aromatic carbocycles. The van der Waals surface area contributed by atoms with Gasteiger partial charge in [-0.15, -0.1) is 10.2 Å². The number of thioether (sulfide) groups is 1. The van der Waals surface area contributed by atoms with Gasteiger partial charge in [0.15, 0.2) is 5.16 Å². The number of nitrogens with zero attached hydrogens (tertiary/aromatic N) is 3. The van der Waals surface area contributed by atoms with E-state index in [1.807, 2.05) is 47.9 Å². The van der Waals surface area contributed by atoms with Crippen molar-refractivity contribution >= 4 is 17.7 Å². The SMILES string of the molecule is COc1ccc(-n2c(C)nnc2SCc2ccc(C(=O)NCc3cccc(C(F)(F)F)c3)cc2)cc1. The van der Waals surface area contributed by atoms with Crippen LogP contribution in [0.3, 0.4) is 0 Å². The highest BCUT2D eigenvalue weighted by Crippen LogP contribution is 2.29. The Morgan fingerprint density at radius 1 is 1.00 bits per heavy atom. The predicted octanol–water partition coefficient (Wildman–Crippen LogP) is 5.83. The second kappa shape index (κ2) is 10.9. The minimum absolute atomic E-state index is 0.000721. The van der Waals surface area contributed by atoms with Gasteiger partial charge in [-0.25, -0.2) is 0 Å². The van der Waals surface area contributed by atoms with Gasteiger partial charge in [0.1, 0.15) is 11.6 Å². The van der Waals surface area contributed by atoms with E-state index in [0.717, 1.165) is 40.1 Å². The second-order valence-electron chi connectivity index (χ2n) is 7.93. The molecule has 6 nitrogen and oxygen atoms in total. The summed E-state index contributed by atoms with van der Waals surface area (Å²) in [5.41, 5.74) is 1.97. The van der Waals surface area contributed by atoms with Crippen LogP contribution < -0.4 is 10.1 Å². The molecule has 186 valence electrons. The summed E-state index contributed by atoms with van der Waals surface area (Å²) in [6, 6.07) is 19.6. The molecule has 4 rings (SSSR count). The number of hydrogen-bond acceptors (Lipinski definition) is 5. The Kier molecular flexibility index (Phi) is 7.64. The van der Waals surface area contributed by atoms with E-state index in [0.29, 0.717) is 16.9 Å². The van der Waals surface area contributed by atoms with E-state index in [2.05, 4.69) is 15.5 Å². The summed E-state index contributed by atoms with van der Waals surface area (Å²) >= 11 is 1.52. The molecule has 0 atom stereocenters. The van der Waals surface area contributed by atoms with Crippen LogP contribution in [0.15, 0.2) is 78.0 Å². The second-order valence-corrected chi connectivity index (χ2v) is 8.87. The van der Waals surface area contributed by atoms with Crippen molar-refractivity contribution in [3.05, 3.63) is 101 Å². The Labute approximate surface area is 210 Å². The number of halogens is 3. The highest BCUT2D eigenvalue weighted by molar-refractivity contribution is 7.98. The number of rotatable bonds is 8. The summed E-state index contributed by atoms with van der Waals surface area (Å²) < 4.78 is 45.8. The smallest absolute Gasteiger partial charge is 0.416 e. The zero-order valence-electron chi connectivity index (χ0n) is 19.5. The largest absolute Gasteiger partial charge is 0.497 e. The number of nitrogens with one attached hydrogen (secondary N) is 1. The molecule has 36 heavy (non-hydrogen) atoms. The highest BCUT2D eigenvalue weighted by atomic mass is 32.2. The first-order valence-electron chi connectivity index (χ1n) is 11.0. The van der Waals surface area contributed by atoms with Gasteiger partial charge in [-0.1, -0.05) is 36.0 Å². The Balaban J connectivity index is 1.36. The monoisotopic (exact) mass is 512 g/mol. The van der Waals surface area contributed by atoms with Crippen LogP contribution in [0.4, 0.5) is 13.2 Å². The van der Waals surface area contributed by atoms with E-state index in [9.17, 15) is 18.0 Å². The molecule has 4 aromatic rings. The van der Waals surface area contributed by atoms with E-state index >= 15 is 0 Å². The zero-order valence-corrected chi connectivity index (χ0v) is 20.4. The molecule has 0 fully saturated rings. The molecular weight excluding hydrogens is 489 g/mol. The Bertz CT molecular complexity index is 1340. The summed E-state index contributed by atoms with van der Waals surface area (Å²) in [4.78, 5) is 12.5. The van der Waals surface area contributed by atoms with Gasteiger partial charge in [0.25, 0.3) is 5.91 Å². The Hall–Kier alpha value is -3.79. The first kappa shape index (κ1) is 25.3. The number of benzene rings is 3. The summed E-state index contributed by atoms with van der Waals surface area (Å²) in [5.74, 6) is 1.77. The Morgan fingerprint density at radius 3 is 2.39 bits per heavy atom. The fourth-order valence-corrected chi connectivity index (χ4v) is 4.46. The van der Waals surface area contributed by atoms with E-state index in [1.54, 1.807) is 25.3 Å². The summed E-state index contributed by atoms with van der Waals surface area (Å²) in [5, 5.41) is 11.9. The maximum atomic E-state index is 12.9. The van der Waals surface area contributed by atoms with Gasteiger partial charge in [0, 0.05) is 23.5 Å². The van der Waals surface area contributed by atoms with Gasteiger partial charge in [-0.05, 0) is 66.6 Å². The number of aromatic nitrogens is 3. The molecule has 0 saturated heterocycles. The van der Waals surface area contributed by atoms with Crippen LogP contribution in [0, 0.1) is 6.92 Å². The van der Waals surface area contributed by atoms with Crippen molar-refractivity contribution in [2.45, 2.75) is 30.6 Å². The van der Waals surface area contributed by atoms with Gasteiger partial charge in [-0.2, -0.15) is 13.2 Å². The molecule has 0 aliphatic carbocycles. The first-order valence-corrected chi connectivity index (χ1v) is 12.0. The first-order chi connectivity index (χ1) is 17.2. The van der Waals surface area contributed by atoms with Crippen LogP contribution >= 0.6 is 11.8 Å². The maximum Gasteiger partial charge on any atom is 0.416 e. The molecular formula is C26H23F3N4O2S. The standard InChI is InChI=1S/C26H23F3N4O2S/c1-17-31-32-25(33(17)22-10-12-23(35-2)13-11-22)36-16-18-6-8-20(9-7-18)24(34)30-15-19-4-3-5-21(14-19)26(27,28)29/h3-14H,15-16H2,1-2H3,(H,30,34). The molecule has 0 aliphatic rings. The average Bonchev–Trinajstić information content (AvgIpc) is 3.26. The van der Waals surface area contributed by atoms with E-state index in [4.69, 9.17) is 4.74 Å². The number of aryl methyl sites for hydroxylation is 1. The van der Waals surface area contributed by atoms with Crippen LogP contribution in [0.5, 0.6) is 5.75 Å². The molecule has 0 spiro atoms. The molecule has 0 saturated carbocycles. The van der Waals surface area contributed by atoms with Gasteiger partial charge in [0.05, 0.1) is 12.7 Å². The molecule has 0 unspecified atom stereocenters. The van der Waals surface area contributed by atoms with E-state index in [1.165, 1.54) is 17.8 Å². The van der Waals surface area contributed by atoms with Gasteiger partial charge >= 0.3 is 6.18 Å². The van der Waals surface area contributed by atoms with E-state index < -0.39 is 11.7 Å².